The molecule has 0 amide bonds. The Balaban J connectivity index is 1.26. The molecule has 46 heavy (non-hydrogen) atoms. The monoisotopic (exact) mass is 590 g/mol. The van der Waals surface area contributed by atoms with Gasteiger partial charge in [0, 0.05) is 55.8 Å². The summed E-state index contributed by atoms with van der Waals surface area (Å²) in [6.07, 6.45) is 0. The van der Waals surface area contributed by atoms with Crippen molar-refractivity contribution >= 4 is 65.9 Å². The van der Waals surface area contributed by atoms with E-state index in [1.165, 1.54) is 76.5 Å². The topological polar surface area (TPSA) is 6.48 Å². The van der Waals surface area contributed by atoms with Crippen molar-refractivity contribution in [3.63, 3.8) is 0 Å². The average Bonchev–Trinajstić information content (AvgIpc) is 3.09. The van der Waals surface area contributed by atoms with E-state index in [-0.39, 0.29) is 12.1 Å². The van der Waals surface area contributed by atoms with Gasteiger partial charge < -0.3 is 9.80 Å². The molecule has 7 aromatic rings. The molecule has 2 atom stereocenters. The highest BCUT2D eigenvalue weighted by atomic mass is 15.2. The molecule has 0 bridgehead atoms. The molecule has 0 saturated heterocycles. The zero-order valence-electron chi connectivity index (χ0n) is 26.3. The van der Waals surface area contributed by atoms with E-state index < -0.39 is 0 Å². The minimum absolute atomic E-state index is 0.110. The van der Waals surface area contributed by atoms with Crippen LogP contribution >= 0.6 is 0 Å². The fourth-order valence-corrected chi connectivity index (χ4v) is 8.39. The molecule has 0 aliphatic carbocycles. The Morgan fingerprint density at radius 1 is 0.370 bits per heavy atom. The summed E-state index contributed by atoms with van der Waals surface area (Å²) in [6, 6.07) is 39.8. The summed E-state index contributed by atoms with van der Waals surface area (Å²) in [7, 11) is 0. The number of hydrogen-bond donors (Lipinski definition) is 0. The summed E-state index contributed by atoms with van der Waals surface area (Å²) in [5.74, 6) is 0. The van der Waals surface area contributed by atoms with E-state index in [2.05, 4.69) is 159 Å². The van der Waals surface area contributed by atoms with Gasteiger partial charge in [-0.05, 0) is 57.3 Å². The van der Waals surface area contributed by atoms with E-state index in [4.69, 9.17) is 0 Å². The van der Waals surface area contributed by atoms with Crippen molar-refractivity contribution in [3.8, 4) is 0 Å². The first-order valence-electron chi connectivity index (χ1n) is 16.0. The van der Waals surface area contributed by atoms with Crippen molar-refractivity contribution in [2.24, 2.45) is 0 Å². The van der Waals surface area contributed by atoms with Gasteiger partial charge in [0.05, 0.1) is 12.1 Å². The molecule has 0 aromatic heterocycles. The molecule has 220 valence electrons. The van der Waals surface area contributed by atoms with Gasteiger partial charge in [-0.3, -0.25) is 0 Å². The predicted molar refractivity (Wildman–Crippen MR) is 197 cm³/mol. The van der Waals surface area contributed by atoms with Crippen LogP contribution in [0.2, 0.25) is 0 Å². The second kappa shape index (κ2) is 9.45. The smallest absolute Gasteiger partial charge is 0.0563 e. The first-order valence-corrected chi connectivity index (χ1v) is 16.0. The molecule has 0 spiro atoms. The SMILES string of the molecule is C=C1c2ccc3c4ccc5c6c(ccc(c7ccc(c2c37)C(=C)N1C(C)c1ccccc1)c64)C(=C)N(C(C)c1ccccc1)C5=C. The summed E-state index contributed by atoms with van der Waals surface area (Å²) in [6.45, 7) is 23.1. The Kier molecular flexibility index (Phi) is 5.50. The normalized spacial score (nSPS) is 16.0. The quantitative estimate of drug-likeness (QED) is 0.149. The number of benzene rings is 7. The van der Waals surface area contributed by atoms with E-state index in [1.807, 2.05) is 0 Å². The van der Waals surface area contributed by atoms with Crippen LogP contribution in [0, 0.1) is 0 Å². The molecule has 0 saturated carbocycles. The third kappa shape index (κ3) is 3.36. The van der Waals surface area contributed by atoms with Crippen LogP contribution in [0.4, 0.5) is 0 Å². The molecule has 2 heterocycles. The van der Waals surface area contributed by atoms with E-state index in [9.17, 15) is 0 Å². The highest BCUT2D eigenvalue weighted by Gasteiger charge is 2.33. The lowest BCUT2D eigenvalue weighted by molar-refractivity contribution is 0.442. The van der Waals surface area contributed by atoms with Crippen LogP contribution in [0.1, 0.15) is 59.3 Å². The lowest BCUT2D eigenvalue weighted by atomic mass is 9.80. The molecule has 2 aliphatic rings. The maximum Gasteiger partial charge on any atom is 0.0563 e. The first kappa shape index (κ1) is 26.8. The maximum absolute atomic E-state index is 4.65. The van der Waals surface area contributed by atoms with Crippen LogP contribution in [-0.4, -0.2) is 9.80 Å². The van der Waals surface area contributed by atoms with Crippen LogP contribution in [0.5, 0.6) is 0 Å². The molecule has 2 aliphatic heterocycles. The number of hydrogen-bond acceptors (Lipinski definition) is 2. The van der Waals surface area contributed by atoms with Gasteiger partial charge >= 0.3 is 0 Å². The number of nitrogens with zero attached hydrogens (tertiary/aromatic N) is 2. The summed E-state index contributed by atoms with van der Waals surface area (Å²) >= 11 is 0. The van der Waals surface area contributed by atoms with Crippen molar-refractivity contribution in [1.82, 2.24) is 9.80 Å². The lowest BCUT2D eigenvalue weighted by Crippen LogP contribution is -2.27. The Hall–Kier alpha value is -5.60. The van der Waals surface area contributed by atoms with Crippen molar-refractivity contribution < 1.29 is 0 Å². The molecule has 2 nitrogen and oxygen atoms in total. The zero-order valence-corrected chi connectivity index (χ0v) is 26.3. The molecule has 9 rings (SSSR count). The highest BCUT2D eigenvalue weighted by Crippen LogP contribution is 2.53. The van der Waals surface area contributed by atoms with Gasteiger partial charge in [0.2, 0.25) is 0 Å². The fourth-order valence-electron chi connectivity index (χ4n) is 8.39. The molecule has 2 heteroatoms. The van der Waals surface area contributed by atoms with Crippen LogP contribution in [0.15, 0.2) is 136 Å². The van der Waals surface area contributed by atoms with Gasteiger partial charge in [-0.1, -0.05) is 136 Å². The third-order valence-electron chi connectivity index (χ3n) is 10.6. The summed E-state index contributed by atoms with van der Waals surface area (Å²) in [5.41, 5.74) is 11.2. The maximum atomic E-state index is 4.65. The second-order valence-corrected chi connectivity index (χ2v) is 12.8. The zero-order chi connectivity index (χ0) is 31.4. The van der Waals surface area contributed by atoms with Gasteiger partial charge in [0.1, 0.15) is 0 Å². The molecule has 2 unspecified atom stereocenters. The third-order valence-corrected chi connectivity index (χ3v) is 10.6. The van der Waals surface area contributed by atoms with Crippen LogP contribution in [0.25, 0.3) is 65.9 Å². The van der Waals surface area contributed by atoms with Gasteiger partial charge in [0.25, 0.3) is 0 Å². The van der Waals surface area contributed by atoms with Crippen LogP contribution in [-0.2, 0) is 0 Å². The Morgan fingerprint density at radius 3 is 0.935 bits per heavy atom. The molecule has 7 aromatic carbocycles. The van der Waals surface area contributed by atoms with Gasteiger partial charge in [-0.25, -0.2) is 0 Å². The highest BCUT2D eigenvalue weighted by molar-refractivity contribution is 6.36. The van der Waals surface area contributed by atoms with E-state index in [0.29, 0.717) is 0 Å². The van der Waals surface area contributed by atoms with Crippen LogP contribution in [0.3, 0.4) is 0 Å². The van der Waals surface area contributed by atoms with E-state index in [1.54, 1.807) is 0 Å². The molecule has 0 N–H and O–H groups in total. The van der Waals surface area contributed by atoms with Gasteiger partial charge in [-0.15, -0.1) is 0 Å². The Bertz CT molecular complexity index is 2170. The predicted octanol–water partition coefficient (Wildman–Crippen LogP) is 11.8. The molecule has 0 radical (unpaired) electrons. The van der Waals surface area contributed by atoms with Crippen molar-refractivity contribution in [2.45, 2.75) is 25.9 Å². The molecule has 0 fully saturated rings. The Labute approximate surface area is 269 Å². The van der Waals surface area contributed by atoms with Crippen molar-refractivity contribution in [3.05, 3.63) is 169 Å². The second-order valence-electron chi connectivity index (χ2n) is 12.8. The minimum Gasteiger partial charge on any atom is -0.334 e. The number of fused-ring (bicyclic) bond motifs is 2. The standard InChI is InChI=1S/C44H34N2/c1-25(31-13-9-7-10-14-31)45-27(3)33-17-21-37-39-23-19-35-29(5)46(26(2)32-15-11-8-12-16-32)30(6)36-20-24-40(44(39)42(35)36)38-22-18-34(28(45)4)41(33)43(37)38/h7-26H,3-6H2,1-2H3. The lowest BCUT2D eigenvalue weighted by Gasteiger charge is -2.40. The van der Waals surface area contributed by atoms with Crippen molar-refractivity contribution in [1.29, 1.82) is 0 Å². The van der Waals surface area contributed by atoms with Gasteiger partial charge in [-0.2, -0.15) is 0 Å². The summed E-state index contributed by atoms with van der Waals surface area (Å²) in [5, 5.41) is 10.1. The molecular weight excluding hydrogens is 556 g/mol. The van der Waals surface area contributed by atoms with E-state index in [0.717, 1.165) is 22.8 Å². The van der Waals surface area contributed by atoms with Crippen LogP contribution < -0.4 is 0 Å². The largest absolute Gasteiger partial charge is 0.334 e. The van der Waals surface area contributed by atoms with E-state index >= 15 is 0 Å². The summed E-state index contributed by atoms with van der Waals surface area (Å²) in [4.78, 5) is 4.60. The van der Waals surface area contributed by atoms with Gasteiger partial charge in [0.15, 0.2) is 0 Å². The summed E-state index contributed by atoms with van der Waals surface area (Å²) < 4.78 is 0. The van der Waals surface area contributed by atoms with Crippen molar-refractivity contribution in [2.75, 3.05) is 0 Å². The Morgan fingerprint density at radius 2 is 0.652 bits per heavy atom. The average molecular weight is 591 g/mol. The molecular formula is C44H34N2. The first-order chi connectivity index (χ1) is 22.4. The fraction of sp³-hybridized carbons (Fsp3) is 0.0909. The minimum atomic E-state index is 0.110. The number of rotatable bonds is 4.